The van der Waals surface area contributed by atoms with Crippen molar-refractivity contribution in [3.05, 3.63) is 28.8 Å². The SMILES string of the molecule is CC(C)(C)OC(=O)Oc1c(C(C)(C)C)cc(CCC(=O)OCC23COP(OC2)O3)cc1C(C)(C)C. The van der Waals surface area contributed by atoms with Crippen LogP contribution in [0.1, 0.15) is 85.4 Å². The van der Waals surface area contributed by atoms with Crippen LogP contribution in [0.4, 0.5) is 4.79 Å². The van der Waals surface area contributed by atoms with Gasteiger partial charge in [-0.3, -0.25) is 9.32 Å². The average Bonchev–Trinajstić information content (AvgIpc) is 3.29. The summed E-state index contributed by atoms with van der Waals surface area (Å²) < 4.78 is 33.1. The number of ether oxygens (including phenoxy) is 3. The zero-order valence-electron chi connectivity index (χ0n) is 22.4. The van der Waals surface area contributed by atoms with Crippen LogP contribution in [0.15, 0.2) is 12.1 Å². The molecule has 0 spiro atoms. The Balaban J connectivity index is 1.78. The highest BCUT2D eigenvalue weighted by Crippen LogP contribution is 2.57. The molecule has 0 saturated carbocycles. The number of rotatable bonds is 6. The molecule has 35 heavy (non-hydrogen) atoms. The lowest BCUT2D eigenvalue weighted by Gasteiger charge is -2.30. The van der Waals surface area contributed by atoms with Gasteiger partial charge in [-0.2, -0.15) is 0 Å². The minimum Gasteiger partial charge on any atom is -0.462 e. The molecule has 196 valence electrons. The summed E-state index contributed by atoms with van der Waals surface area (Å²) in [5, 5.41) is 0. The average molecular weight is 511 g/mol. The van der Waals surface area contributed by atoms with Crippen LogP contribution in [0.5, 0.6) is 5.75 Å². The highest BCUT2D eigenvalue weighted by Gasteiger charge is 2.51. The summed E-state index contributed by atoms with van der Waals surface area (Å²) in [5.41, 5.74) is 0.780. The molecular formula is C26H39O8P. The number of benzene rings is 1. The maximum absolute atomic E-state index is 12.6. The van der Waals surface area contributed by atoms with Crippen LogP contribution in [0.3, 0.4) is 0 Å². The van der Waals surface area contributed by atoms with Crippen molar-refractivity contribution in [1.29, 1.82) is 0 Å². The monoisotopic (exact) mass is 510 g/mol. The van der Waals surface area contributed by atoms with Crippen molar-refractivity contribution in [3.63, 3.8) is 0 Å². The fourth-order valence-electron chi connectivity index (χ4n) is 3.73. The van der Waals surface area contributed by atoms with Gasteiger partial charge < -0.3 is 23.3 Å². The Morgan fingerprint density at radius 3 is 1.91 bits per heavy atom. The molecule has 0 aliphatic carbocycles. The van der Waals surface area contributed by atoms with E-state index >= 15 is 0 Å². The molecule has 2 aliphatic heterocycles. The zero-order valence-corrected chi connectivity index (χ0v) is 23.3. The van der Waals surface area contributed by atoms with Crippen molar-refractivity contribution in [2.75, 3.05) is 19.8 Å². The Morgan fingerprint density at radius 1 is 0.943 bits per heavy atom. The van der Waals surface area contributed by atoms with Gasteiger partial charge in [0.15, 0.2) is 5.60 Å². The van der Waals surface area contributed by atoms with E-state index in [9.17, 15) is 9.59 Å². The van der Waals surface area contributed by atoms with Crippen LogP contribution in [-0.2, 0) is 45.1 Å². The molecule has 0 aromatic heterocycles. The molecule has 1 aromatic carbocycles. The molecule has 9 heteroatoms. The Bertz CT molecular complexity index is 909. The molecule has 0 N–H and O–H groups in total. The molecule has 2 fully saturated rings. The second-order valence-electron chi connectivity index (χ2n) is 12.3. The Morgan fingerprint density at radius 2 is 1.49 bits per heavy atom. The minimum atomic E-state index is -1.28. The van der Waals surface area contributed by atoms with Crippen LogP contribution in [0.25, 0.3) is 0 Å². The van der Waals surface area contributed by atoms with E-state index in [1.54, 1.807) is 20.8 Å². The number of hydrogen-bond acceptors (Lipinski definition) is 8. The second kappa shape index (κ2) is 9.97. The molecule has 3 rings (SSSR count). The largest absolute Gasteiger partial charge is 0.514 e. The number of carbonyl (C=O) groups is 2. The van der Waals surface area contributed by atoms with Gasteiger partial charge in [0.1, 0.15) is 18.0 Å². The van der Waals surface area contributed by atoms with Crippen LogP contribution in [0, 0.1) is 0 Å². The van der Waals surface area contributed by atoms with Gasteiger partial charge in [0.2, 0.25) is 0 Å². The lowest BCUT2D eigenvalue weighted by atomic mass is 9.78. The van der Waals surface area contributed by atoms with Gasteiger partial charge in [0, 0.05) is 17.5 Å². The molecule has 0 radical (unpaired) electrons. The third-order valence-corrected chi connectivity index (χ3v) is 6.80. The third kappa shape index (κ3) is 7.39. The summed E-state index contributed by atoms with van der Waals surface area (Å²) >= 11 is 0. The lowest BCUT2D eigenvalue weighted by molar-refractivity contribution is -0.149. The van der Waals surface area contributed by atoms with Gasteiger partial charge in [-0.05, 0) is 43.6 Å². The predicted octanol–water partition coefficient (Wildman–Crippen LogP) is 6.11. The van der Waals surface area contributed by atoms with Gasteiger partial charge in [-0.1, -0.05) is 53.7 Å². The molecule has 0 atom stereocenters. The zero-order chi connectivity index (χ0) is 26.2. The summed E-state index contributed by atoms with van der Waals surface area (Å²) in [6, 6.07) is 4.01. The maximum Gasteiger partial charge on any atom is 0.514 e. The molecule has 0 unspecified atom stereocenters. The molecule has 8 nitrogen and oxygen atoms in total. The molecule has 2 heterocycles. The first kappa shape index (κ1) is 27.9. The fraction of sp³-hybridized carbons (Fsp3) is 0.692. The van der Waals surface area contributed by atoms with E-state index in [2.05, 4.69) is 41.5 Å². The number of fused-ring (bicyclic) bond motifs is 2. The van der Waals surface area contributed by atoms with Crippen molar-refractivity contribution < 1.29 is 37.4 Å². The van der Waals surface area contributed by atoms with Crippen molar-refractivity contribution in [2.24, 2.45) is 0 Å². The van der Waals surface area contributed by atoms with Gasteiger partial charge in [-0.15, -0.1) is 0 Å². The first-order valence-corrected chi connectivity index (χ1v) is 13.1. The number of hydrogen-bond donors (Lipinski definition) is 0. The van der Waals surface area contributed by atoms with Gasteiger partial charge >= 0.3 is 20.7 Å². The van der Waals surface area contributed by atoms with Crippen molar-refractivity contribution in [3.8, 4) is 5.75 Å². The molecule has 2 bridgehead atoms. The van der Waals surface area contributed by atoms with Crippen molar-refractivity contribution in [1.82, 2.24) is 0 Å². The fourth-order valence-corrected chi connectivity index (χ4v) is 5.07. The summed E-state index contributed by atoms with van der Waals surface area (Å²) in [4.78, 5) is 25.1. The second-order valence-corrected chi connectivity index (χ2v) is 13.4. The van der Waals surface area contributed by atoms with Crippen LogP contribution in [-0.4, -0.2) is 43.1 Å². The normalized spacial score (nSPS) is 22.3. The van der Waals surface area contributed by atoms with E-state index in [0.717, 1.165) is 16.7 Å². The molecule has 0 amide bonds. The maximum atomic E-state index is 12.6. The van der Waals surface area contributed by atoms with Crippen molar-refractivity contribution >= 4 is 20.7 Å². The highest BCUT2D eigenvalue weighted by molar-refractivity contribution is 7.42. The Hall–Kier alpha value is -1.73. The minimum absolute atomic E-state index is 0.119. The summed E-state index contributed by atoms with van der Waals surface area (Å²) in [6.45, 7) is 18.7. The van der Waals surface area contributed by atoms with Crippen LogP contribution in [0.2, 0.25) is 0 Å². The van der Waals surface area contributed by atoms with E-state index in [-0.39, 0.29) is 29.8 Å². The van der Waals surface area contributed by atoms with Gasteiger partial charge in [0.05, 0.1) is 13.2 Å². The molecular weight excluding hydrogens is 471 g/mol. The molecule has 2 saturated heterocycles. The van der Waals surface area contributed by atoms with E-state index < -0.39 is 26.0 Å². The Labute approximate surface area is 209 Å². The van der Waals surface area contributed by atoms with E-state index in [4.69, 9.17) is 27.8 Å². The number of esters is 1. The third-order valence-electron chi connectivity index (χ3n) is 5.59. The van der Waals surface area contributed by atoms with E-state index in [0.29, 0.717) is 25.4 Å². The first-order chi connectivity index (χ1) is 16.0. The molecule has 1 aromatic rings. The van der Waals surface area contributed by atoms with Gasteiger partial charge in [-0.25, -0.2) is 4.79 Å². The topological polar surface area (TPSA) is 89.5 Å². The van der Waals surface area contributed by atoms with Crippen LogP contribution < -0.4 is 4.74 Å². The lowest BCUT2D eigenvalue weighted by Crippen LogP contribution is -2.40. The van der Waals surface area contributed by atoms with Crippen molar-refractivity contribution in [2.45, 2.75) is 97.2 Å². The van der Waals surface area contributed by atoms with Gasteiger partial charge in [0.25, 0.3) is 0 Å². The van der Waals surface area contributed by atoms with E-state index in [1.807, 2.05) is 12.1 Å². The summed E-state index contributed by atoms with van der Waals surface area (Å²) in [7, 11) is -1.28. The van der Waals surface area contributed by atoms with Crippen LogP contribution >= 0.6 is 8.60 Å². The smallest absolute Gasteiger partial charge is 0.462 e. The first-order valence-electron chi connectivity index (χ1n) is 12.0. The standard InChI is InChI=1S/C26H39O8P/c1-23(2,3)18-12-17(10-11-20(27)29-14-26-15-30-35(34-26)31-16-26)13-19(24(4,5)6)21(18)32-22(28)33-25(7,8)9/h12-13H,10-11,14-16H2,1-9H3. The highest BCUT2D eigenvalue weighted by atomic mass is 31.2. The molecule has 2 aliphatic rings. The Kier molecular flexibility index (Phi) is 7.93. The quantitative estimate of drug-likeness (QED) is 0.257. The predicted molar refractivity (Wildman–Crippen MR) is 133 cm³/mol. The number of carbonyl (C=O) groups excluding carboxylic acids is 2. The number of aryl methyl sites for hydroxylation is 1. The summed E-state index contributed by atoms with van der Waals surface area (Å²) in [5.74, 6) is 0.204. The summed E-state index contributed by atoms with van der Waals surface area (Å²) in [6.07, 6.45) is -0.0288. The van der Waals surface area contributed by atoms with E-state index in [1.165, 1.54) is 0 Å².